The molecule has 0 spiro atoms. The Morgan fingerprint density at radius 2 is 1.30 bits per heavy atom. The molecule has 2 nitrogen and oxygen atoms in total. The molecular weight excluding hydrogens is 246 g/mol. The standard InChI is InChI=1S/C18H31NO/c1-13(2)10-19(11-14(3)4)12-18(20)17-8-15(5)7-16(6)9-17/h7-9,13-14,18,20H,10-12H2,1-6H3. The zero-order valence-electron chi connectivity index (χ0n) is 14.0. The molecule has 1 N–H and O–H groups in total. The average molecular weight is 277 g/mol. The van der Waals surface area contributed by atoms with Gasteiger partial charge in [0.25, 0.3) is 0 Å². The van der Waals surface area contributed by atoms with Crippen LogP contribution in [0.2, 0.25) is 0 Å². The minimum Gasteiger partial charge on any atom is -0.387 e. The number of hydrogen-bond acceptors (Lipinski definition) is 2. The smallest absolute Gasteiger partial charge is 0.0917 e. The van der Waals surface area contributed by atoms with Crippen molar-refractivity contribution in [3.05, 3.63) is 34.9 Å². The molecule has 1 atom stereocenters. The summed E-state index contributed by atoms with van der Waals surface area (Å²) in [6.07, 6.45) is -0.397. The Bertz CT molecular complexity index is 382. The molecule has 1 rings (SSSR count). The molecule has 0 amide bonds. The third kappa shape index (κ3) is 6.06. The van der Waals surface area contributed by atoms with Gasteiger partial charge >= 0.3 is 0 Å². The predicted octanol–water partition coefficient (Wildman–Crippen LogP) is 3.95. The minimum absolute atomic E-state index is 0.397. The van der Waals surface area contributed by atoms with Crippen molar-refractivity contribution in [2.75, 3.05) is 19.6 Å². The van der Waals surface area contributed by atoms with Crippen molar-refractivity contribution in [1.82, 2.24) is 4.90 Å². The van der Waals surface area contributed by atoms with Crippen LogP contribution in [-0.4, -0.2) is 29.6 Å². The van der Waals surface area contributed by atoms with Gasteiger partial charge in [-0.05, 0) is 31.2 Å². The number of hydrogen-bond donors (Lipinski definition) is 1. The van der Waals surface area contributed by atoms with Crippen LogP contribution >= 0.6 is 0 Å². The number of benzene rings is 1. The molecule has 2 heteroatoms. The van der Waals surface area contributed by atoms with E-state index in [1.807, 2.05) is 0 Å². The van der Waals surface area contributed by atoms with Gasteiger partial charge in [0.2, 0.25) is 0 Å². The summed E-state index contributed by atoms with van der Waals surface area (Å²) in [6.45, 7) is 15.9. The molecule has 0 bridgehead atoms. The molecular formula is C18H31NO. The summed E-state index contributed by atoms with van der Waals surface area (Å²) >= 11 is 0. The molecule has 20 heavy (non-hydrogen) atoms. The van der Waals surface area contributed by atoms with Crippen LogP contribution in [0.25, 0.3) is 0 Å². The third-order valence-corrected chi connectivity index (χ3v) is 3.31. The van der Waals surface area contributed by atoms with Crippen molar-refractivity contribution < 1.29 is 5.11 Å². The summed E-state index contributed by atoms with van der Waals surface area (Å²) in [6, 6.07) is 6.34. The Balaban J connectivity index is 2.75. The van der Waals surface area contributed by atoms with Gasteiger partial charge in [0, 0.05) is 19.6 Å². The molecule has 1 unspecified atom stereocenters. The fourth-order valence-corrected chi connectivity index (χ4v) is 2.81. The lowest BCUT2D eigenvalue weighted by Crippen LogP contribution is -2.35. The fourth-order valence-electron chi connectivity index (χ4n) is 2.81. The second-order valence-corrected chi connectivity index (χ2v) is 6.94. The van der Waals surface area contributed by atoms with Gasteiger partial charge in [-0.3, -0.25) is 4.90 Å². The predicted molar refractivity (Wildman–Crippen MR) is 87.0 cm³/mol. The molecule has 0 saturated heterocycles. The first-order chi connectivity index (χ1) is 9.27. The van der Waals surface area contributed by atoms with Gasteiger partial charge in [-0.15, -0.1) is 0 Å². The van der Waals surface area contributed by atoms with Gasteiger partial charge in [-0.25, -0.2) is 0 Å². The Morgan fingerprint density at radius 3 is 1.70 bits per heavy atom. The van der Waals surface area contributed by atoms with Gasteiger partial charge in [0.15, 0.2) is 0 Å². The van der Waals surface area contributed by atoms with Crippen molar-refractivity contribution in [1.29, 1.82) is 0 Å². The van der Waals surface area contributed by atoms with Crippen LogP contribution in [-0.2, 0) is 0 Å². The van der Waals surface area contributed by atoms with Crippen LogP contribution < -0.4 is 0 Å². The van der Waals surface area contributed by atoms with Crippen molar-refractivity contribution in [3.63, 3.8) is 0 Å². The van der Waals surface area contributed by atoms with Crippen molar-refractivity contribution in [3.8, 4) is 0 Å². The Morgan fingerprint density at radius 1 is 0.850 bits per heavy atom. The first-order valence-electron chi connectivity index (χ1n) is 7.76. The second kappa shape index (κ2) is 7.80. The van der Waals surface area contributed by atoms with E-state index in [1.54, 1.807) is 0 Å². The topological polar surface area (TPSA) is 23.5 Å². The van der Waals surface area contributed by atoms with E-state index < -0.39 is 6.10 Å². The lowest BCUT2D eigenvalue weighted by atomic mass is 10.0. The van der Waals surface area contributed by atoms with Crippen LogP contribution in [0.1, 0.15) is 50.5 Å². The summed E-state index contributed by atoms with van der Waals surface area (Å²) in [7, 11) is 0. The molecule has 0 radical (unpaired) electrons. The van der Waals surface area contributed by atoms with Crippen molar-refractivity contribution >= 4 is 0 Å². The lowest BCUT2D eigenvalue weighted by Gasteiger charge is -2.28. The van der Waals surface area contributed by atoms with E-state index in [0.29, 0.717) is 11.8 Å². The molecule has 1 aromatic carbocycles. The molecule has 0 aromatic heterocycles. The maximum Gasteiger partial charge on any atom is 0.0917 e. The fraction of sp³-hybridized carbons (Fsp3) is 0.667. The van der Waals surface area contributed by atoms with Crippen LogP contribution in [0.15, 0.2) is 18.2 Å². The number of aryl methyl sites for hydroxylation is 2. The van der Waals surface area contributed by atoms with Gasteiger partial charge in [0.05, 0.1) is 6.10 Å². The first kappa shape index (κ1) is 17.2. The number of aliphatic hydroxyl groups is 1. The van der Waals surface area contributed by atoms with E-state index in [9.17, 15) is 5.11 Å². The first-order valence-corrected chi connectivity index (χ1v) is 7.76. The van der Waals surface area contributed by atoms with Crippen LogP contribution in [0.4, 0.5) is 0 Å². The minimum atomic E-state index is -0.397. The third-order valence-electron chi connectivity index (χ3n) is 3.31. The van der Waals surface area contributed by atoms with Crippen molar-refractivity contribution in [2.45, 2.75) is 47.6 Å². The lowest BCUT2D eigenvalue weighted by molar-refractivity contribution is 0.0986. The van der Waals surface area contributed by atoms with Crippen LogP contribution in [0.3, 0.4) is 0 Å². The van der Waals surface area contributed by atoms with E-state index in [1.165, 1.54) is 11.1 Å². The van der Waals surface area contributed by atoms with E-state index >= 15 is 0 Å². The SMILES string of the molecule is Cc1cc(C)cc(C(O)CN(CC(C)C)CC(C)C)c1. The van der Waals surface area contributed by atoms with E-state index in [4.69, 9.17) is 0 Å². The summed E-state index contributed by atoms with van der Waals surface area (Å²) in [5, 5.41) is 10.5. The highest BCUT2D eigenvalue weighted by Crippen LogP contribution is 2.19. The summed E-state index contributed by atoms with van der Waals surface area (Å²) < 4.78 is 0. The van der Waals surface area contributed by atoms with Crippen LogP contribution in [0, 0.1) is 25.7 Å². The molecule has 0 heterocycles. The van der Waals surface area contributed by atoms with Crippen LogP contribution in [0.5, 0.6) is 0 Å². The Hall–Kier alpha value is -0.860. The molecule has 0 fully saturated rings. The Labute approximate surface area is 124 Å². The maximum absolute atomic E-state index is 10.5. The highest BCUT2D eigenvalue weighted by atomic mass is 16.3. The molecule has 0 aliphatic carbocycles. The zero-order valence-corrected chi connectivity index (χ0v) is 14.0. The average Bonchev–Trinajstić information content (AvgIpc) is 2.25. The van der Waals surface area contributed by atoms with E-state index in [0.717, 1.165) is 25.2 Å². The monoisotopic (exact) mass is 277 g/mol. The highest BCUT2D eigenvalue weighted by Gasteiger charge is 2.16. The normalized spacial score (nSPS) is 13.5. The molecule has 0 aliphatic rings. The quantitative estimate of drug-likeness (QED) is 0.815. The van der Waals surface area contributed by atoms with Gasteiger partial charge in [0.1, 0.15) is 0 Å². The van der Waals surface area contributed by atoms with Gasteiger partial charge in [-0.1, -0.05) is 57.0 Å². The van der Waals surface area contributed by atoms with Gasteiger partial charge in [-0.2, -0.15) is 0 Å². The molecule has 0 aliphatic heterocycles. The zero-order chi connectivity index (χ0) is 15.3. The highest BCUT2D eigenvalue weighted by molar-refractivity contribution is 5.30. The van der Waals surface area contributed by atoms with Crippen molar-refractivity contribution in [2.24, 2.45) is 11.8 Å². The summed E-state index contributed by atoms with van der Waals surface area (Å²) in [5.41, 5.74) is 3.48. The molecule has 1 aromatic rings. The van der Waals surface area contributed by atoms with E-state index in [2.05, 4.69) is 64.6 Å². The molecule has 114 valence electrons. The van der Waals surface area contributed by atoms with E-state index in [-0.39, 0.29) is 0 Å². The molecule has 0 saturated carbocycles. The number of rotatable bonds is 7. The Kier molecular flexibility index (Phi) is 6.70. The summed E-state index contributed by atoms with van der Waals surface area (Å²) in [5.74, 6) is 1.25. The number of nitrogens with zero attached hydrogens (tertiary/aromatic N) is 1. The second-order valence-electron chi connectivity index (χ2n) is 6.94. The largest absolute Gasteiger partial charge is 0.387 e. The number of aliphatic hydroxyl groups excluding tert-OH is 1. The summed E-state index contributed by atoms with van der Waals surface area (Å²) in [4.78, 5) is 2.39. The maximum atomic E-state index is 10.5. The van der Waals surface area contributed by atoms with Gasteiger partial charge < -0.3 is 5.11 Å².